The van der Waals surface area contributed by atoms with Gasteiger partial charge in [-0.25, -0.2) is 0 Å². The lowest BCUT2D eigenvalue weighted by Gasteiger charge is -2.05. The van der Waals surface area contributed by atoms with E-state index in [1.807, 2.05) is 0 Å². The van der Waals surface area contributed by atoms with Gasteiger partial charge in [0.15, 0.2) is 5.76 Å². The van der Waals surface area contributed by atoms with Gasteiger partial charge < -0.3 is 14.4 Å². The summed E-state index contributed by atoms with van der Waals surface area (Å²) < 4.78 is 10.3. The lowest BCUT2D eigenvalue weighted by molar-refractivity contribution is -0.136. The summed E-state index contributed by atoms with van der Waals surface area (Å²) in [5, 5.41) is 12.2. The third-order valence-electron chi connectivity index (χ3n) is 2.13. The first-order valence-corrected chi connectivity index (χ1v) is 5.07. The number of benzene rings is 1. The fourth-order valence-corrected chi connectivity index (χ4v) is 1.39. The minimum absolute atomic E-state index is 0.0144. The molecule has 0 unspecified atom stereocenters. The first kappa shape index (κ1) is 11.2. The van der Waals surface area contributed by atoms with E-state index in [1.54, 1.807) is 36.5 Å². The van der Waals surface area contributed by atoms with Crippen molar-refractivity contribution in [2.24, 2.45) is 0 Å². The number of aliphatic carboxylic acids is 1. The Morgan fingerprint density at radius 2 is 2.29 bits per heavy atom. The van der Waals surface area contributed by atoms with Gasteiger partial charge in [0, 0.05) is 6.07 Å². The molecule has 0 saturated carbocycles. The minimum atomic E-state index is -0.864. The molecule has 5 nitrogen and oxygen atoms in total. The third-order valence-corrected chi connectivity index (χ3v) is 2.13. The molecule has 0 radical (unpaired) electrons. The molecule has 0 amide bonds. The summed E-state index contributed by atoms with van der Waals surface area (Å²) >= 11 is 0. The van der Waals surface area contributed by atoms with Gasteiger partial charge in [-0.3, -0.25) is 4.79 Å². The van der Waals surface area contributed by atoms with Crippen molar-refractivity contribution in [2.75, 3.05) is 0 Å². The third kappa shape index (κ3) is 3.34. The number of carboxylic acid groups (broad SMARTS) is 1. The summed E-state index contributed by atoms with van der Waals surface area (Å²) in [6.07, 6.45) is 1.53. The monoisotopic (exact) mass is 233 g/mol. The van der Waals surface area contributed by atoms with Gasteiger partial charge in [0.2, 0.25) is 0 Å². The fraction of sp³-hybridized carbons (Fsp3) is 0.167. The number of carboxylic acids is 1. The average Bonchev–Trinajstić information content (AvgIpc) is 2.79. The zero-order chi connectivity index (χ0) is 12.1. The molecule has 1 N–H and O–H groups in total. The van der Waals surface area contributed by atoms with Crippen LogP contribution >= 0.6 is 0 Å². The summed E-state index contributed by atoms with van der Waals surface area (Å²) in [5.74, 6) is 0.367. The number of hydrogen-bond donors (Lipinski definition) is 1. The van der Waals surface area contributed by atoms with Crippen molar-refractivity contribution < 1.29 is 19.2 Å². The van der Waals surface area contributed by atoms with Crippen molar-refractivity contribution in [3.8, 4) is 5.75 Å². The van der Waals surface area contributed by atoms with Crippen LogP contribution in [0.15, 0.2) is 41.1 Å². The number of nitrogens with zero attached hydrogens (tertiary/aromatic N) is 1. The molecule has 0 aliphatic rings. The first-order chi connectivity index (χ1) is 8.24. The number of aromatic nitrogens is 1. The lowest BCUT2D eigenvalue weighted by Crippen LogP contribution is -2.00. The second-order valence-corrected chi connectivity index (χ2v) is 3.49. The first-order valence-electron chi connectivity index (χ1n) is 5.07. The molecule has 0 bridgehead atoms. The quantitative estimate of drug-likeness (QED) is 0.853. The molecular weight excluding hydrogens is 222 g/mol. The smallest absolute Gasteiger partial charge is 0.307 e. The molecule has 0 aliphatic carbocycles. The lowest BCUT2D eigenvalue weighted by atomic mass is 10.1. The van der Waals surface area contributed by atoms with E-state index in [0.29, 0.717) is 17.1 Å². The Kier molecular flexibility index (Phi) is 3.40. The molecule has 0 spiro atoms. The Hall–Kier alpha value is -2.30. The van der Waals surface area contributed by atoms with E-state index < -0.39 is 5.97 Å². The van der Waals surface area contributed by atoms with E-state index in [0.717, 1.165) is 0 Å². The SMILES string of the molecule is O=C(O)Cc1cccc(OCc2ccno2)c1. The van der Waals surface area contributed by atoms with Crippen LogP contribution in [0.25, 0.3) is 0 Å². The average molecular weight is 233 g/mol. The van der Waals surface area contributed by atoms with E-state index in [2.05, 4.69) is 5.16 Å². The standard InChI is InChI=1S/C12H11NO4/c14-12(15)7-9-2-1-3-10(6-9)16-8-11-4-5-13-17-11/h1-6H,7-8H2,(H,14,15). The maximum atomic E-state index is 10.6. The van der Waals surface area contributed by atoms with Crippen molar-refractivity contribution >= 4 is 5.97 Å². The maximum absolute atomic E-state index is 10.6. The Bertz CT molecular complexity index is 493. The van der Waals surface area contributed by atoms with Crippen LogP contribution in [0.5, 0.6) is 5.75 Å². The van der Waals surface area contributed by atoms with Crippen LogP contribution in [0.2, 0.25) is 0 Å². The highest BCUT2D eigenvalue weighted by Crippen LogP contribution is 2.15. The normalized spacial score (nSPS) is 10.1. The van der Waals surface area contributed by atoms with E-state index >= 15 is 0 Å². The van der Waals surface area contributed by atoms with Crippen LogP contribution in [-0.4, -0.2) is 16.2 Å². The number of hydrogen-bond acceptors (Lipinski definition) is 4. The predicted molar refractivity (Wildman–Crippen MR) is 58.6 cm³/mol. The highest BCUT2D eigenvalue weighted by Gasteiger charge is 2.03. The molecule has 5 heteroatoms. The second kappa shape index (κ2) is 5.16. The van der Waals surface area contributed by atoms with Gasteiger partial charge in [0.25, 0.3) is 0 Å². The van der Waals surface area contributed by atoms with Crippen LogP contribution in [0, 0.1) is 0 Å². The van der Waals surface area contributed by atoms with E-state index in [-0.39, 0.29) is 13.0 Å². The van der Waals surface area contributed by atoms with Gasteiger partial charge in [0.1, 0.15) is 12.4 Å². The molecule has 88 valence electrons. The maximum Gasteiger partial charge on any atom is 0.307 e. The Morgan fingerprint density at radius 1 is 1.41 bits per heavy atom. The van der Waals surface area contributed by atoms with Gasteiger partial charge >= 0.3 is 5.97 Å². The molecule has 0 aliphatic heterocycles. The Morgan fingerprint density at radius 3 is 3.00 bits per heavy atom. The number of carbonyl (C=O) groups is 1. The molecule has 1 aromatic carbocycles. The summed E-state index contributed by atoms with van der Waals surface area (Å²) in [7, 11) is 0. The van der Waals surface area contributed by atoms with Crippen molar-refractivity contribution in [1.82, 2.24) is 5.16 Å². The summed E-state index contributed by atoms with van der Waals surface area (Å²) in [5.41, 5.74) is 0.701. The molecule has 1 aromatic heterocycles. The zero-order valence-corrected chi connectivity index (χ0v) is 9.00. The van der Waals surface area contributed by atoms with Crippen LogP contribution in [0.1, 0.15) is 11.3 Å². The van der Waals surface area contributed by atoms with Crippen LogP contribution in [0.3, 0.4) is 0 Å². The van der Waals surface area contributed by atoms with Crippen LogP contribution < -0.4 is 4.74 Å². The van der Waals surface area contributed by atoms with Crippen molar-refractivity contribution in [3.05, 3.63) is 47.9 Å². The zero-order valence-electron chi connectivity index (χ0n) is 9.00. The Balaban J connectivity index is 1.98. The molecule has 0 fully saturated rings. The minimum Gasteiger partial charge on any atom is -0.486 e. The van der Waals surface area contributed by atoms with E-state index in [1.165, 1.54) is 0 Å². The highest BCUT2D eigenvalue weighted by atomic mass is 16.5. The number of ether oxygens (including phenoxy) is 1. The molecular formula is C12H11NO4. The van der Waals surface area contributed by atoms with Crippen LogP contribution in [0.4, 0.5) is 0 Å². The van der Waals surface area contributed by atoms with E-state index in [9.17, 15) is 4.79 Å². The largest absolute Gasteiger partial charge is 0.486 e. The summed E-state index contributed by atoms with van der Waals surface area (Å²) in [4.78, 5) is 10.6. The highest BCUT2D eigenvalue weighted by molar-refractivity contribution is 5.70. The van der Waals surface area contributed by atoms with Crippen molar-refractivity contribution in [3.63, 3.8) is 0 Å². The summed E-state index contributed by atoms with van der Waals surface area (Å²) in [6, 6.07) is 8.68. The van der Waals surface area contributed by atoms with Gasteiger partial charge in [-0.2, -0.15) is 0 Å². The van der Waals surface area contributed by atoms with Crippen molar-refractivity contribution in [1.29, 1.82) is 0 Å². The molecule has 2 aromatic rings. The predicted octanol–water partition coefficient (Wildman–Crippen LogP) is 1.88. The molecule has 2 rings (SSSR count). The van der Waals surface area contributed by atoms with Gasteiger partial charge in [-0.1, -0.05) is 17.3 Å². The topological polar surface area (TPSA) is 72.6 Å². The van der Waals surface area contributed by atoms with E-state index in [4.69, 9.17) is 14.4 Å². The van der Waals surface area contributed by atoms with Crippen LogP contribution in [-0.2, 0) is 17.8 Å². The number of rotatable bonds is 5. The van der Waals surface area contributed by atoms with Gasteiger partial charge in [0.05, 0.1) is 12.6 Å². The summed E-state index contributed by atoms with van der Waals surface area (Å²) in [6.45, 7) is 0.274. The molecule has 0 saturated heterocycles. The Labute approximate surface area is 97.6 Å². The van der Waals surface area contributed by atoms with Crippen molar-refractivity contribution in [2.45, 2.75) is 13.0 Å². The molecule has 0 atom stereocenters. The fourth-order valence-electron chi connectivity index (χ4n) is 1.39. The molecule has 17 heavy (non-hydrogen) atoms. The van der Waals surface area contributed by atoms with Gasteiger partial charge in [-0.05, 0) is 17.7 Å². The van der Waals surface area contributed by atoms with Gasteiger partial charge in [-0.15, -0.1) is 0 Å². The molecule has 1 heterocycles. The second-order valence-electron chi connectivity index (χ2n) is 3.49.